The quantitative estimate of drug-likeness (QED) is 0.612. The van der Waals surface area contributed by atoms with Crippen molar-refractivity contribution in [2.45, 2.75) is 6.18 Å². The van der Waals surface area contributed by atoms with Gasteiger partial charge in [0.2, 0.25) is 0 Å². The summed E-state index contributed by atoms with van der Waals surface area (Å²) in [5.41, 5.74) is 0.471. The Kier molecular flexibility index (Phi) is 3.57. The maximum Gasteiger partial charge on any atom is 0.454 e. The normalized spacial score (nSPS) is 12.7. The van der Waals surface area contributed by atoms with Gasteiger partial charge in [-0.15, -0.1) is 12.6 Å². The summed E-state index contributed by atoms with van der Waals surface area (Å²) in [5, 5.41) is 0. The van der Waals surface area contributed by atoms with Gasteiger partial charge >= 0.3 is 6.18 Å². The third-order valence-corrected chi connectivity index (χ3v) is 2.00. The molecule has 0 amide bonds. The number of hydrogen-bond acceptors (Lipinski definition) is 2. The molecule has 1 aromatic rings. The van der Waals surface area contributed by atoms with E-state index in [2.05, 4.69) is 12.6 Å². The van der Waals surface area contributed by atoms with Gasteiger partial charge in [-0.2, -0.15) is 13.2 Å². The molecule has 0 N–H and O–H groups in total. The number of alkyl halides is 3. The van der Waals surface area contributed by atoms with Crippen molar-refractivity contribution >= 4 is 23.3 Å². The highest BCUT2D eigenvalue weighted by molar-refractivity contribution is 7.90. The van der Waals surface area contributed by atoms with E-state index in [9.17, 15) is 18.0 Å². The number of carbonyl (C=O) groups is 1. The molecule has 0 heterocycles. The Hall–Kier alpha value is -1.23. The summed E-state index contributed by atoms with van der Waals surface area (Å²) in [7, 11) is 0. The fourth-order valence-electron chi connectivity index (χ4n) is 0.898. The van der Waals surface area contributed by atoms with Gasteiger partial charge in [0.15, 0.2) is 0 Å². The summed E-state index contributed by atoms with van der Waals surface area (Å²) in [6, 6.07) is 8.16. The van der Waals surface area contributed by atoms with Crippen LogP contribution in [-0.2, 0) is 4.79 Å². The Morgan fingerprint density at radius 3 is 2.20 bits per heavy atom. The first-order valence-corrected chi connectivity index (χ1v) is 4.43. The molecular formula is C10H7F3OS. The van der Waals surface area contributed by atoms with E-state index in [1.807, 2.05) is 0 Å². The predicted molar refractivity (Wildman–Crippen MR) is 54.5 cm³/mol. The predicted octanol–water partition coefficient (Wildman–Crippen LogP) is 3.09. The zero-order valence-corrected chi connectivity index (χ0v) is 8.35. The van der Waals surface area contributed by atoms with Gasteiger partial charge in [0.05, 0.1) is 0 Å². The van der Waals surface area contributed by atoms with Gasteiger partial charge in [-0.05, 0) is 5.56 Å². The summed E-state index contributed by atoms with van der Waals surface area (Å²) >= 11 is 3.83. The third kappa shape index (κ3) is 3.43. The number of hydrogen-bond donors (Lipinski definition) is 1. The topological polar surface area (TPSA) is 17.1 Å². The lowest BCUT2D eigenvalue weighted by Gasteiger charge is -2.02. The molecule has 0 bridgehead atoms. The fourth-order valence-corrected chi connectivity index (χ4v) is 1.16. The van der Waals surface area contributed by atoms with E-state index < -0.39 is 12.0 Å². The fraction of sp³-hybridized carbons (Fsp3) is 0.100. The molecule has 5 heteroatoms. The van der Waals surface area contributed by atoms with E-state index in [1.54, 1.807) is 30.3 Å². The number of carbonyl (C=O) groups excluding carboxylic acids is 1. The second-order valence-corrected chi connectivity index (χ2v) is 3.24. The molecule has 80 valence electrons. The van der Waals surface area contributed by atoms with Crippen LogP contribution in [0.25, 0.3) is 4.91 Å². The molecule has 0 radical (unpaired) electrons. The molecule has 0 spiro atoms. The number of rotatable bonds is 2. The molecule has 1 nitrogen and oxygen atoms in total. The lowest BCUT2D eigenvalue weighted by Crippen LogP contribution is -2.20. The Morgan fingerprint density at radius 1 is 1.20 bits per heavy atom. The summed E-state index contributed by atoms with van der Waals surface area (Å²) in [6.45, 7) is 0. The van der Waals surface area contributed by atoms with E-state index >= 15 is 0 Å². The standard InChI is InChI=1S/C10H7F3OS/c11-10(12,13)9(14)6-8(15)7-4-2-1-3-5-7/h1-6,15H. The minimum atomic E-state index is -4.84. The molecule has 0 aromatic heterocycles. The van der Waals surface area contributed by atoms with Gasteiger partial charge in [0, 0.05) is 11.0 Å². The van der Waals surface area contributed by atoms with Gasteiger partial charge < -0.3 is 0 Å². The molecule has 0 aliphatic heterocycles. The van der Waals surface area contributed by atoms with Crippen LogP contribution in [0.5, 0.6) is 0 Å². The van der Waals surface area contributed by atoms with Crippen molar-refractivity contribution in [3.8, 4) is 0 Å². The molecule has 0 fully saturated rings. The Bertz CT molecular complexity index is 381. The zero-order chi connectivity index (χ0) is 11.5. The van der Waals surface area contributed by atoms with Crippen molar-refractivity contribution in [2.75, 3.05) is 0 Å². The smallest absolute Gasteiger partial charge is 0.285 e. The number of allylic oxidation sites excluding steroid dienone is 1. The van der Waals surface area contributed by atoms with Gasteiger partial charge in [-0.3, -0.25) is 4.79 Å². The molecule has 0 saturated carbocycles. The molecule has 0 atom stereocenters. The SMILES string of the molecule is O=C(C=C(S)c1ccccc1)C(F)(F)F. The van der Waals surface area contributed by atoms with Crippen molar-refractivity contribution < 1.29 is 18.0 Å². The van der Waals surface area contributed by atoms with Gasteiger partial charge in [0.1, 0.15) is 0 Å². The van der Waals surface area contributed by atoms with Crippen molar-refractivity contribution in [1.29, 1.82) is 0 Å². The molecule has 0 unspecified atom stereocenters. The van der Waals surface area contributed by atoms with Gasteiger partial charge in [-0.25, -0.2) is 0 Å². The summed E-state index contributed by atoms with van der Waals surface area (Å²) in [4.78, 5) is 10.6. The van der Waals surface area contributed by atoms with Gasteiger partial charge in [-0.1, -0.05) is 30.3 Å². The van der Waals surface area contributed by atoms with Crippen molar-refractivity contribution in [2.24, 2.45) is 0 Å². The van der Waals surface area contributed by atoms with E-state index in [-0.39, 0.29) is 4.91 Å². The van der Waals surface area contributed by atoms with E-state index in [0.29, 0.717) is 11.6 Å². The van der Waals surface area contributed by atoms with E-state index in [0.717, 1.165) is 0 Å². The molecule has 1 aromatic carbocycles. The average molecular weight is 232 g/mol. The number of halogens is 3. The van der Waals surface area contributed by atoms with Crippen molar-refractivity contribution in [1.82, 2.24) is 0 Å². The monoisotopic (exact) mass is 232 g/mol. The summed E-state index contributed by atoms with van der Waals surface area (Å²) in [6.07, 6.45) is -4.37. The molecular weight excluding hydrogens is 225 g/mol. The molecule has 0 aliphatic rings. The van der Waals surface area contributed by atoms with Crippen LogP contribution in [0.4, 0.5) is 13.2 Å². The highest BCUT2D eigenvalue weighted by atomic mass is 32.1. The first-order valence-electron chi connectivity index (χ1n) is 3.98. The van der Waals surface area contributed by atoms with Crippen LogP contribution in [0.1, 0.15) is 5.56 Å². The van der Waals surface area contributed by atoms with Gasteiger partial charge in [0.25, 0.3) is 5.78 Å². The zero-order valence-electron chi connectivity index (χ0n) is 7.45. The van der Waals surface area contributed by atoms with Crippen LogP contribution < -0.4 is 0 Å². The van der Waals surface area contributed by atoms with E-state index in [1.165, 1.54) is 0 Å². The number of ketones is 1. The van der Waals surface area contributed by atoms with Crippen LogP contribution in [0.15, 0.2) is 36.4 Å². The van der Waals surface area contributed by atoms with Crippen LogP contribution >= 0.6 is 12.6 Å². The van der Waals surface area contributed by atoms with Crippen LogP contribution in [0.3, 0.4) is 0 Å². The summed E-state index contributed by atoms with van der Waals surface area (Å²) in [5.74, 6) is -1.91. The second kappa shape index (κ2) is 4.53. The van der Waals surface area contributed by atoms with Crippen LogP contribution in [0, 0.1) is 0 Å². The van der Waals surface area contributed by atoms with Crippen molar-refractivity contribution in [3.63, 3.8) is 0 Å². The highest BCUT2D eigenvalue weighted by Crippen LogP contribution is 2.22. The third-order valence-electron chi connectivity index (χ3n) is 1.62. The summed E-state index contributed by atoms with van der Waals surface area (Å²) < 4.78 is 35.7. The minimum absolute atomic E-state index is 0.00192. The van der Waals surface area contributed by atoms with E-state index in [4.69, 9.17) is 0 Å². The Morgan fingerprint density at radius 2 is 1.73 bits per heavy atom. The lowest BCUT2D eigenvalue weighted by molar-refractivity contribution is -0.165. The molecule has 0 aliphatic carbocycles. The van der Waals surface area contributed by atoms with Crippen molar-refractivity contribution in [3.05, 3.63) is 42.0 Å². The highest BCUT2D eigenvalue weighted by Gasteiger charge is 2.36. The maximum atomic E-state index is 11.9. The first-order chi connectivity index (χ1) is 6.91. The Labute approximate surface area is 90.0 Å². The maximum absolute atomic E-state index is 11.9. The van der Waals surface area contributed by atoms with Crippen LogP contribution in [0.2, 0.25) is 0 Å². The average Bonchev–Trinajstić information content (AvgIpc) is 2.17. The largest absolute Gasteiger partial charge is 0.454 e. The number of thiol groups is 1. The molecule has 15 heavy (non-hydrogen) atoms. The first kappa shape index (κ1) is 11.8. The lowest BCUT2D eigenvalue weighted by atomic mass is 10.2. The Balaban J connectivity index is 2.91. The second-order valence-electron chi connectivity index (χ2n) is 2.76. The number of benzene rings is 1. The molecule has 1 rings (SSSR count). The minimum Gasteiger partial charge on any atom is -0.285 e. The molecule has 0 saturated heterocycles. The van der Waals surface area contributed by atoms with Crippen LogP contribution in [-0.4, -0.2) is 12.0 Å².